The van der Waals surface area contributed by atoms with Crippen LogP contribution in [0, 0.1) is 47.3 Å². The summed E-state index contributed by atoms with van der Waals surface area (Å²) in [5.41, 5.74) is -1.32. The lowest BCUT2D eigenvalue weighted by Crippen LogP contribution is -2.65. The summed E-state index contributed by atoms with van der Waals surface area (Å²) in [4.78, 5) is 12.2. The van der Waals surface area contributed by atoms with Crippen molar-refractivity contribution in [3.05, 3.63) is 0 Å². The quantitative estimate of drug-likeness (QED) is 0.249. The molecule has 336 valence electrons. The number of carboxylic acids is 1. The van der Waals surface area contributed by atoms with Crippen LogP contribution in [0.1, 0.15) is 108 Å². The first-order chi connectivity index (χ1) is 27.0. The van der Waals surface area contributed by atoms with Gasteiger partial charge >= 0.3 is 5.97 Å². The Balaban J connectivity index is 1.19. The summed E-state index contributed by atoms with van der Waals surface area (Å²) in [6.45, 7) is 21.6. The van der Waals surface area contributed by atoms with E-state index in [2.05, 4.69) is 34.6 Å². The Hall–Kier alpha value is -1.01. The molecule has 1 spiro atoms. The number of carbonyl (C=O) groups is 1. The maximum atomic E-state index is 12.2. The summed E-state index contributed by atoms with van der Waals surface area (Å²) < 4.78 is 65.4. The van der Waals surface area contributed by atoms with Crippen molar-refractivity contribution < 1.29 is 67.5 Å². The summed E-state index contributed by atoms with van der Waals surface area (Å²) in [6.07, 6.45) is -0.175. The molecular formula is C44H76O14. The van der Waals surface area contributed by atoms with Crippen molar-refractivity contribution in [2.75, 3.05) is 28.4 Å². The Morgan fingerprint density at radius 1 is 0.672 bits per heavy atom. The molecule has 0 aliphatic carbocycles. The highest BCUT2D eigenvalue weighted by atomic mass is 16.7. The number of hydrogen-bond donors (Lipinski definition) is 3. The van der Waals surface area contributed by atoms with E-state index in [1.807, 2.05) is 20.8 Å². The van der Waals surface area contributed by atoms with Crippen LogP contribution in [-0.2, 0) is 52.2 Å². The molecule has 0 amide bonds. The maximum absolute atomic E-state index is 12.2. The maximum Gasteiger partial charge on any atom is 0.311 e. The molecule has 6 rings (SSSR count). The molecule has 0 unspecified atom stereocenters. The molecule has 0 aromatic rings. The minimum absolute atomic E-state index is 0.0300. The summed E-state index contributed by atoms with van der Waals surface area (Å²) in [7, 11) is 6.70. The molecule has 0 radical (unpaired) electrons. The molecule has 0 aromatic carbocycles. The molecule has 23 atom stereocenters. The van der Waals surface area contributed by atoms with Gasteiger partial charge in [-0.25, -0.2) is 0 Å². The van der Waals surface area contributed by atoms with Gasteiger partial charge in [0.15, 0.2) is 17.4 Å². The van der Waals surface area contributed by atoms with Crippen LogP contribution in [0.15, 0.2) is 0 Å². The van der Waals surface area contributed by atoms with Crippen LogP contribution in [0.25, 0.3) is 0 Å². The molecular weight excluding hydrogens is 752 g/mol. The number of aliphatic hydroxyl groups is 2. The molecule has 6 aliphatic rings. The molecule has 0 aromatic heterocycles. The standard InChI is InChI=1S/C44H76O14/c1-21-29(49-12)20-43(56-31(21)22(2)32-23(3)34(51-14)27(7)44(48,57-32)28(8)39(45)46)19-18-40(9,58-43)30-16-17-41(10,54-30)38-25(5)35(52-15)37(53-38)36-24(4)33(50-13)26(6)42(11,47)55-36/h21-38,47-48H,16-20H2,1-15H3,(H,45,46)/t21-,22-,23+,24+,25+,26-,27-,28-,29+,30-,31-,32+,33+,34+,35-,36+,37-,38-,40+,41+,42+,43-,44+/m1/s1. The van der Waals surface area contributed by atoms with Gasteiger partial charge in [-0.3, -0.25) is 4.79 Å². The van der Waals surface area contributed by atoms with Crippen molar-refractivity contribution in [2.45, 2.75) is 198 Å². The minimum Gasteiger partial charge on any atom is -0.481 e. The molecule has 58 heavy (non-hydrogen) atoms. The summed E-state index contributed by atoms with van der Waals surface area (Å²) in [5.74, 6) is -8.04. The van der Waals surface area contributed by atoms with Crippen LogP contribution < -0.4 is 0 Å². The van der Waals surface area contributed by atoms with Gasteiger partial charge in [-0.05, 0) is 47.0 Å². The van der Waals surface area contributed by atoms with Gasteiger partial charge < -0.3 is 62.7 Å². The first-order valence-corrected chi connectivity index (χ1v) is 21.8. The highest BCUT2D eigenvalue weighted by molar-refractivity contribution is 5.70. The zero-order valence-corrected chi connectivity index (χ0v) is 37.8. The lowest BCUT2D eigenvalue weighted by molar-refractivity contribution is -0.366. The fraction of sp³-hybridized carbons (Fsp3) is 0.977. The van der Waals surface area contributed by atoms with Crippen LogP contribution in [0.3, 0.4) is 0 Å². The number of hydrogen-bond acceptors (Lipinski definition) is 13. The zero-order chi connectivity index (χ0) is 43.1. The summed E-state index contributed by atoms with van der Waals surface area (Å²) in [5, 5.41) is 33.1. The van der Waals surface area contributed by atoms with Gasteiger partial charge in [-0.2, -0.15) is 0 Å². The second-order valence-electron chi connectivity index (χ2n) is 19.9. The first kappa shape index (κ1) is 46.5. The van der Waals surface area contributed by atoms with Gasteiger partial charge in [0.2, 0.25) is 0 Å². The van der Waals surface area contributed by atoms with E-state index in [0.29, 0.717) is 19.3 Å². The van der Waals surface area contributed by atoms with Crippen molar-refractivity contribution in [2.24, 2.45) is 47.3 Å². The van der Waals surface area contributed by atoms with Crippen LogP contribution in [-0.4, -0.2) is 139 Å². The third kappa shape index (κ3) is 7.62. The number of ether oxygens (including phenoxy) is 10. The smallest absolute Gasteiger partial charge is 0.311 e. The lowest BCUT2D eigenvalue weighted by Gasteiger charge is -2.55. The van der Waals surface area contributed by atoms with Crippen LogP contribution in [0.5, 0.6) is 0 Å². The predicted molar refractivity (Wildman–Crippen MR) is 212 cm³/mol. The lowest BCUT2D eigenvalue weighted by atomic mass is 9.71. The summed E-state index contributed by atoms with van der Waals surface area (Å²) >= 11 is 0. The van der Waals surface area contributed by atoms with Crippen LogP contribution in [0.4, 0.5) is 0 Å². The highest BCUT2D eigenvalue weighted by Gasteiger charge is 2.64. The molecule has 6 aliphatic heterocycles. The van der Waals surface area contributed by atoms with Crippen molar-refractivity contribution in [1.82, 2.24) is 0 Å². The van der Waals surface area contributed by atoms with Gasteiger partial charge in [0, 0.05) is 82.7 Å². The minimum atomic E-state index is -1.95. The second kappa shape index (κ2) is 16.6. The zero-order valence-electron chi connectivity index (χ0n) is 37.8. The molecule has 14 heteroatoms. The highest BCUT2D eigenvalue weighted by Crippen LogP contribution is 2.55. The molecule has 3 N–H and O–H groups in total. The van der Waals surface area contributed by atoms with E-state index in [1.165, 1.54) is 6.92 Å². The Morgan fingerprint density at radius 2 is 1.28 bits per heavy atom. The number of aliphatic carboxylic acids is 1. The number of carboxylic acid groups (broad SMARTS) is 1. The van der Waals surface area contributed by atoms with E-state index in [0.717, 1.165) is 12.8 Å². The molecule has 0 bridgehead atoms. The van der Waals surface area contributed by atoms with Gasteiger partial charge in [-0.1, -0.05) is 48.5 Å². The third-order valence-corrected chi connectivity index (χ3v) is 16.3. The van der Waals surface area contributed by atoms with E-state index >= 15 is 0 Å². The van der Waals surface area contributed by atoms with E-state index in [9.17, 15) is 20.1 Å². The van der Waals surface area contributed by atoms with Crippen LogP contribution in [0.2, 0.25) is 0 Å². The molecule has 0 saturated carbocycles. The molecule has 14 nitrogen and oxygen atoms in total. The average Bonchev–Trinajstić information content (AvgIpc) is 3.85. The topological polar surface area (TPSA) is 170 Å². The Kier molecular flexibility index (Phi) is 13.3. The number of rotatable bonds is 11. The van der Waals surface area contributed by atoms with E-state index in [-0.39, 0.29) is 66.0 Å². The molecule has 6 saturated heterocycles. The largest absolute Gasteiger partial charge is 0.481 e. The van der Waals surface area contributed by atoms with Crippen molar-refractivity contribution in [3.63, 3.8) is 0 Å². The molecule has 6 fully saturated rings. The van der Waals surface area contributed by atoms with Gasteiger partial charge in [0.25, 0.3) is 0 Å². The van der Waals surface area contributed by atoms with Gasteiger partial charge in [-0.15, -0.1) is 0 Å². The number of methoxy groups -OCH3 is 4. The van der Waals surface area contributed by atoms with E-state index in [1.54, 1.807) is 42.3 Å². The normalized spacial score (nSPS) is 54.8. The SMILES string of the molecule is CO[C@@H]1[C@H](C)[C@H]([C@]2(C)CC[C@H]([C@]3(C)CC[C@]4(C[C@H](OC)[C@@H](C)[C@H]([C@@H](C)[C@@H]5O[C@](O)([C@H](C)C(=O)O)[C@H](C)[C@@H](OC)[C@H]5C)O4)O3)O2)O[C@H]1[C@H]1O[C@](C)(O)[C@H](C)[C@@H](OC)[C@@H]1C. The van der Waals surface area contributed by atoms with E-state index in [4.69, 9.17) is 47.4 Å². The first-order valence-electron chi connectivity index (χ1n) is 21.8. The van der Waals surface area contributed by atoms with Crippen LogP contribution >= 0.6 is 0 Å². The monoisotopic (exact) mass is 829 g/mol. The van der Waals surface area contributed by atoms with Gasteiger partial charge in [0.1, 0.15) is 12.0 Å². The Labute approximate surface area is 346 Å². The summed E-state index contributed by atoms with van der Waals surface area (Å²) in [6, 6.07) is 0. The predicted octanol–water partition coefficient (Wildman–Crippen LogP) is 5.17. The second-order valence-corrected chi connectivity index (χ2v) is 19.9. The Morgan fingerprint density at radius 3 is 1.86 bits per heavy atom. The fourth-order valence-electron chi connectivity index (χ4n) is 12.5. The molecule has 6 heterocycles. The van der Waals surface area contributed by atoms with E-state index < -0.39 is 76.9 Å². The van der Waals surface area contributed by atoms with Gasteiger partial charge in [0.05, 0.1) is 66.1 Å². The average molecular weight is 829 g/mol. The van der Waals surface area contributed by atoms with Crippen molar-refractivity contribution >= 4 is 5.97 Å². The fourth-order valence-corrected chi connectivity index (χ4v) is 12.5. The third-order valence-electron chi connectivity index (χ3n) is 16.3. The Bertz CT molecular complexity index is 1450. The van der Waals surface area contributed by atoms with Crippen molar-refractivity contribution in [3.8, 4) is 0 Å². The van der Waals surface area contributed by atoms with Crippen molar-refractivity contribution in [1.29, 1.82) is 0 Å².